The zero-order valence-corrected chi connectivity index (χ0v) is 45.4. The van der Waals surface area contributed by atoms with Gasteiger partial charge in [-0.05, 0) is 70.6 Å². The van der Waals surface area contributed by atoms with E-state index in [9.17, 15) is 9.59 Å². The van der Waals surface area contributed by atoms with Crippen molar-refractivity contribution in [2.45, 2.75) is 297 Å². The average molecular weight is 950 g/mol. The van der Waals surface area contributed by atoms with Crippen molar-refractivity contribution < 1.29 is 23.8 Å². The summed E-state index contributed by atoms with van der Waals surface area (Å²) < 4.78 is 17.4. The summed E-state index contributed by atoms with van der Waals surface area (Å²) in [7, 11) is 0. The smallest absolute Gasteiger partial charge is 0.310 e. The average Bonchev–Trinajstić information content (AvgIpc) is 3.34. The van der Waals surface area contributed by atoms with Gasteiger partial charge in [-0.25, -0.2) is 0 Å². The van der Waals surface area contributed by atoms with Gasteiger partial charge in [0.25, 0.3) is 0 Å². The van der Waals surface area contributed by atoms with Crippen LogP contribution in [-0.2, 0) is 23.8 Å². The summed E-state index contributed by atoms with van der Waals surface area (Å²) in [5.41, 5.74) is 0. The summed E-state index contributed by atoms with van der Waals surface area (Å²) in [4.78, 5) is 25.5. The summed E-state index contributed by atoms with van der Waals surface area (Å²) in [6.07, 6.45) is 76.7. The van der Waals surface area contributed by atoms with E-state index in [-0.39, 0.29) is 31.6 Å². The van der Waals surface area contributed by atoms with E-state index >= 15 is 0 Å². The first-order valence-electron chi connectivity index (χ1n) is 29.5. The number of hydrogen-bond acceptors (Lipinski definition) is 5. The molecular formula is C63H112O5. The van der Waals surface area contributed by atoms with Gasteiger partial charge in [0, 0.05) is 13.0 Å². The molecule has 0 radical (unpaired) electrons. The van der Waals surface area contributed by atoms with Crippen LogP contribution in [0.5, 0.6) is 0 Å². The molecule has 68 heavy (non-hydrogen) atoms. The van der Waals surface area contributed by atoms with E-state index in [0.29, 0.717) is 13.0 Å². The topological polar surface area (TPSA) is 61.8 Å². The predicted octanol–water partition coefficient (Wildman–Crippen LogP) is 20.2. The number of rotatable bonds is 54. The van der Waals surface area contributed by atoms with Gasteiger partial charge in [-0.3, -0.25) is 9.59 Å². The van der Waals surface area contributed by atoms with Crippen LogP contribution >= 0.6 is 0 Å². The predicted molar refractivity (Wildman–Crippen MR) is 297 cm³/mol. The van der Waals surface area contributed by atoms with Gasteiger partial charge < -0.3 is 14.2 Å². The monoisotopic (exact) mass is 949 g/mol. The number of allylic oxidation sites excluding steroid dienone is 11. The van der Waals surface area contributed by atoms with Crippen LogP contribution in [0, 0.1) is 0 Å². The lowest BCUT2D eigenvalue weighted by Gasteiger charge is -2.18. The van der Waals surface area contributed by atoms with E-state index in [1.54, 1.807) is 0 Å². The molecule has 0 aromatic heterocycles. The summed E-state index contributed by atoms with van der Waals surface area (Å²) in [6.45, 7) is 7.64. The van der Waals surface area contributed by atoms with E-state index in [0.717, 1.165) is 57.8 Å². The molecule has 0 aromatic rings. The third-order valence-corrected chi connectivity index (χ3v) is 12.8. The third-order valence-electron chi connectivity index (χ3n) is 12.8. The fourth-order valence-corrected chi connectivity index (χ4v) is 8.41. The fourth-order valence-electron chi connectivity index (χ4n) is 8.41. The molecule has 0 aliphatic rings. The normalized spacial score (nSPS) is 12.7. The van der Waals surface area contributed by atoms with Gasteiger partial charge in [0.05, 0.1) is 13.0 Å². The first-order valence-corrected chi connectivity index (χ1v) is 29.5. The lowest BCUT2D eigenvalue weighted by molar-refractivity contribution is -0.162. The lowest BCUT2D eigenvalue weighted by Crippen LogP contribution is -2.29. The molecule has 0 heterocycles. The van der Waals surface area contributed by atoms with Crippen LogP contribution in [0.4, 0.5) is 0 Å². The number of carbonyl (C=O) groups excluding carboxylic acids is 2. The highest BCUT2D eigenvalue weighted by Gasteiger charge is 2.17. The van der Waals surface area contributed by atoms with Crippen molar-refractivity contribution in [2.24, 2.45) is 0 Å². The highest BCUT2D eigenvalue weighted by atomic mass is 16.6. The molecule has 0 aromatic carbocycles. The summed E-state index contributed by atoms with van der Waals surface area (Å²) in [5, 5.41) is 0. The zero-order valence-electron chi connectivity index (χ0n) is 45.4. The van der Waals surface area contributed by atoms with Crippen LogP contribution in [0.3, 0.4) is 0 Å². The van der Waals surface area contributed by atoms with Crippen LogP contribution in [0.25, 0.3) is 0 Å². The Bertz CT molecular complexity index is 1210. The number of ether oxygens (including phenoxy) is 3. The third kappa shape index (κ3) is 55.9. The van der Waals surface area contributed by atoms with Crippen molar-refractivity contribution in [3.8, 4) is 0 Å². The van der Waals surface area contributed by atoms with E-state index in [1.807, 2.05) is 12.2 Å². The molecular weight excluding hydrogens is 837 g/mol. The van der Waals surface area contributed by atoms with Gasteiger partial charge in [0.2, 0.25) is 0 Å². The van der Waals surface area contributed by atoms with Crippen molar-refractivity contribution >= 4 is 11.9 Å². The van der Waals surface area contributed by atoms with Gasteiger partial charge in [0.1, 0.15) is 6.61 Å². The molecule has 5 heteroatoms. The highest BCUT2D eigenvalue weighted by molar-refractivity contribution is 5.71. The summed E-state index contributed by atoms with van der Waals surface area (Å²) >= 11 is 0. The molecule has 0 aliphatic carbocycles. The van der Waals surface area contributed by atoms with Gasteiger partial charge in [0.15, 0.2) is 6.10 Å². The minimum atomic E-state index is -0.592. The second-order valence-electron chi connectivity index (χ2n) is 19.5. The maximum atomic E-state index is 12.8. The standard InChI is InChI=1S/C63H112O5/c1-4-7-10-13-16-19-22-25-28-30-31-32-34-37-40-43-46-49-52-55-58-66-59-61(68-63(65)57-54-51-48-45-42-39-35-27-24-21-18-15-12-9-6-3)60-67-62(64)56-53-50-47-44-41-38-36-33-29-26-23-20-17-14-11-8-5-2/h9,12,18,21,25,27-28,35,42,45,51,54,61H,4-8,10-11,13-17,19-20,22-24,26,29-34,36-41,43-44,46-50,52-53,55-60H2,1-3H3/b12-9-,21-18-,28-25-,35-27-,45-42-,54-51-. The molecule has 0 rings (SSSR count). The highest BCUT2D eigenvalue weighted by Crippen LogP contribution is 2.16. The number of carbonyl (C=O) groups is 2. The van der Waals surface area contributed by atoms with Crippen molar-refractivity contribution in [3.05, 3.63) is 72.9 Å². The molecule has 0 saturated carbocycles. The van der Waals surface area contributed by atoms with Crippen molar-refractivity contribution in [3.63, 3.8) is 0 Å². The number of unbranched alkanes of at least 4 members (excludes halogenated alkanes) is 32. The summed E-state index contributed by atoms with van der Waals surface area (Å²) in [6, 6.07) is 0. The van der Waals surface area contributed by atoms with Gasteiger partial charge in [-0.15, -0.1) is 0 Å². The number of hydrogen-bond donors (Lipinski definition) is 0. The molecule has 0 amide bonds. The SMILES string of the molecule is CC/C=C\C/C=C\C/C=C\C/C=C\C/C=C\CC(=O)OC(COCCCCCCCCCCCC/C=C\CCCCCCCC)COC(=O)CCCCCCCCCCCCCCCCCCC. The Hall–Kier alpha value is -2.66. The molecule has 394 valence electrons. The molecule has 0 fully saturated rings. The van der Waals surface area contributed by atoms with Crippen LogP contribution < -0.4 is 0 Å². The Labute approximate surface area is 423 Å². The summed E-state index contributed by atoms with van der Waals surface area (Å²) in [5.74, 6) is -0.532. The maximum absolute atomic E-state index is 12.8. The van der Waals surface area contributed by atoms with Gasteiger partial charge in [-0.2, -0.15) is 0 Å². The van der Waals surface area contributed by atoms with Crippen LogP contribution in [-0.4, -0.2) is 37.9 Å². The molecule has 0 spiro atoms. The van der Waals surface area contributed by atoms with Crippen LogP contribution in [0.1, 0.15) is 290 Å². The van der Waals surface area contributed by atoms with Crippen molar-refractivity contribution in [1.29, 1.82) is 0 Å². The molecule has 1 unspecified atom stereocenters. The maximum Gasteiger partial charge on any atom is 0.310 e. The van der Waals surface area contributed by atoms with E-state index in [1.165, 1.54) is 199 Å². The lowest BCUT2D eigenvalue weighted by atomic mass is 10.0. The Morgan fingerprint density at radius 1 is 0.353 bits per heavy atom. The van der Waals surface area contributed by atoms with E-state index in [4.69, 9.17) is 14.2 Å². The van der Waals surface area contributed by atoms with Gasteiger partial charge >= 0.3 is 11.9 Å². The Kier molecular flexibility index (Phi) is 56.4. The molecule has 0 bridgehead atoms. The quantitative estimate of drug-likeness (QED) is 0.0345. The Balaban J connectivity index is 4.32. The molecule has 5 nitrogen and oxygen atoms in total. The van der Waals surface area contributed by atoms with E-state index in [2.05, 4.69) is 81.5 Å². The van der Waals surface area contributed by atoms with Crippen LogP contribution in [0.15, 0.2) is 72.9 Å². The van der Waals surface area contributed by atoms with Gasteiger partial charge in [-0.1, -0.05) is 280 Å². The molecule has 0 aliphatic heterocycles. The minimum absolute atomic E-state index is 0.0468. The first-order chi connectivity index (χ1) is 33.6. The molecule has 1 atom stereocenters. The Morgan fingerprint density at radius 3 is 1.12 bits per heavy atom. The molecule has 0 N–H and O–H groups in total. The second kappa shape index (κ2) is 58.7. The Morgan fingerprint density at radius 2 is 0.706 bits per heavy atom. The minimum Gasteiger partial charge on any atom is -0.462 e. The fraction of sp³-hybridized carbons (Fsp3) is 0.778. The van der Waals surface area contributed by atoms with Crippen molar-refractivity contribution in [1.82, 2.24) is 0 Å². The second-order valence-corrected chi connectivity index (χ2v) is 19.5. The largest absolute Gasteiger partial charge is 0.462 e. The zero-order chi connectivity index (χ0) is 49.2. The first kappa shape index (κ1) is 65.3. The molecule has 0 saturated heterocycles. The number of esters is 2. The van der Waals surface area contributed by atoms with E-state index < -0.39 is 6.10 Å². The van der Waals surface area contributed by atoms with Crippen LogP contribution in [0.2, 0.25) is 0 Å². The van der Waals surface area contributed by atoms with Crippen molar-refractivity contribution in [2.75, 3.05) is 19.8 Å².